The molecule has 0 saturated heterocycles. The maximum absolute atomic E-state index is 10.5. The lowest BCUT2D eigenvalue weighted by atomic mass is 9.86. The van der Waals surface area contributed by atoms with Crippen molar-refractivity contribution in [2.24, 2.45) is 11.8 Å². The van der Waals surface area contributed by atoms with Crippen LogP contribution in [0.1, 0.15) is 50.7 Å². The van der Waals surface area contributed by atoms with E-state index in [9.17, 15) is 10.2 Å². The summed E-state index contributed by atoms with van der Waals surface area (Å²) in [6, 6.07) is 6.31. The summed E-state index contributed by atoms with van der Waals surface area (Å²) >= 11 is 0. The van der Waals surface area contributed by atoms with Crippen molar-refractivity contribution in [2.45, 2.75) is 64.3 Å². The average molecular weight is 340 g/mol. The Morgan fingerprint density at radius 2 is 2.20 bits per heavy atom. The Morgan fingerprint density at radius 3 is 2.92 bits per heavy atom. The quantitative estimate of drug-likeness (QED) is 0.638. The van der Waals surface area contributed by atoms with E-state index in [0.717, 1.165) is 12.2 Å². The fourth-order valence-corrected chi connectivity index (χ4v) is 4.06. The predicted molar refractivity (Wildman–Crippen MR) is 99.5 cm³/mol. The molecule has 2 N–H and O–H groups in total. The van der Waals surface area contributed by atoms with Crippen molar-refractivity contribution in [3.63, 3.8) is 0 Å². The van der Waals surface area contributed by atoms with Crippen molar-refractivity contribution >= 4 is 0 Å². The van der Waals surface area contributed by atoms with Crippen molar-refractivity contribution < 1.29 is 14.9 Å². The van der Waals surface area contributed by atoms with Crippen molar-refractivity contribution in [3.8, 4) is 17.6 Å². The van der Waals surface area contributed by atoms with Gasteiger partial charge in [0.2, 0.25) is 0 Å². The predicted octanol–water partition coefficient (Wildman–Crippen LogP) is 3.44. The van der Waals surface area contributed by atoms with E-state index in [2.05, 4.69) is 37.0 Å². The zero-order valence-corrected chi connectivity index (χ0v) is 15.3. The topological polar surface area (TPSA) is 49.7 Å². The summed E-state index contributed by atoms with van der Waals surface area (Å²) in [4.78, 5) is 0. The first-order chi connectivity index (χ1) is 12.1. The second-order valence-electron chi connectivity index (χ2n) is 7.24. The minimum atomic E-state index is -0.545. The molecule has 0 amide bonds. The molecule has 6 atom stereocenters. The zero-order chi connectivity index (χ0) is 18.0. The molecule has 1 aromatic carbocycles. The normalized spacial score (nSPS) is 29.5. The molecule has 1 aliphatic carbocycles. The Kier molecular flexibility index (Phi) is 5.51. The molecule has 25 heavy (non-hydrogen) atoms. The van der Waals surface area contributed by atoms with Gasteiger partial charge in [-0.15, -0.1) is 11.8 Å². The van der Waals surface area contributed by atoms with Crippen LogP contribution in [0.5, 0.6) is 5.75 Å². The highest BCUT2D eigenvalue weighted by Gasteiger charge is 2.48. The van der Waals surface area contributed by atoms with E-state index >= 15 is 0 Å². The lowest BCUT2D eigenvalue weighted by Crippen LogP contribution is -2.19. The molecule has 1 aromatic rings. The summed E-state index contributed by atoms with van der Waals surface area (Å²) in [6.45, 7) is 5.94. The third-order valence-electron chi connectivity index (χ3n) is 5.58. The molecule has 2 aliphatic rings. The summed E-state index contributed by atoms with van der Waals surface area (Å²) in [5.41, 5.74) is 2.44. The number of ether oxygens (including phenoxy) is 1. The van der Waals surface area contributed by atoms with Gasteiger partial charge in [0, 0.05) is 30.2 Å². The Balaban J connectivity index is 1.79. The van der Waals surface area contributed by atoms with Crippen LogP contribution in [-0.4, -0.2) is 28.5 Å². The molecule has 0 radical (unpaired) electrons. The smallest absolute Gasteiger partial charge is 0.126 e. The number of aryl methyl sites for hydroxylation is 1. The molecule has 0 spiro atoms. The molecule has 0 bridgehead atoms. The van der Waals surface area contributed by atoms with E-state index in [0.29, 0.717) is 12.8 Å². The minimum absolute atomic E-state index is 0.0162. The molecule has 134 valence electrons. The second-order valence-corrected chi connectivity index (χ2v) is 7.24. The third kappa shape index (κ3) is 3.47. The summed E-state index contributed by atoms with van der Waals surface area (Å²) in [7, 11) is 0. The van der Waals surface area contributed by atoms with E-state index in [-0.39, 0.29) is 23.9 Å². The maximum Gasteiger partial charge on any atom is 0.126 e. The Bertz CT molecular complexity index is 697. The second kappa shape index (κ2) is 7.64. The highest BCUT2D eigenvalue weighted by atomic mass is 16.5. The van der Waals surface area contributed by atoms with Gasteiger partial charge in [-0.3, -0.25) is 0 Å². The third-order valence-corrected chi connectivity index (χ3v) is 5.58. The number of rotatable bonds is 5. The van der Waals surface area contributed by atoms with Crippen LogP contribution < -0.4 is 4.74 Å². The molecule has 3 heteroatoms. The SMILES string of the molecule is CC#CC[C@H](C)[C@@H](O)/C=C/[C@@H]1[C@H]2c3cccc(CC)c3O[C@H]2C[C@H]1O. The van der Waals surface area contributed by atoms with Crippen LogP contribution in [0.4, 0.5) is 0 Å². The Morgan fingerprint density at radius 1 is 1.40 bits per heavy atom. The fraction of sp³-hybridized carbons (Fsp3) is 0.545. The van der Waals surface area contributed by atoms with Gasteiger partial charge in [-0.25, -0.2) is 0 Å². The molecular weight excluding hydrogens is 312 g/mol. The van der Waals surface area contributed by atoms with E-state index < -0.39 is 12.2 Å². The van der Waals surface area contributed by atoms with Crippen LogP contribution in [0, 0.1) is 23.7 Å². The average Bonchev–Trinajstić information content (AvgIpc) is 3.12. The molecule has 0 aromatic heterocycles. The van der Waals surface area contributed by atoms with E-state index in [1.165, 1.54) is 11.1 Å². The molecular formula is C22H28O3. The van der Waals surface area contributed by atoms with Gasteiger partial charge in [0.15, 0.2) is 0 Å². The summed E-state index contributed by atoms with van der Waals surface area (Å²) in [5, 5.41) is 20.8. The summed E-state index contributed by atoms with van der Waals surface area (Å²) < 4.78 is 6.19. The molecule has 0 unspecified atom stereocenters. The number of hydrogen-bond acceptors (Lipinski definition) is 3. The highest BCUT2D eigenvalue weighted by Crippen LogP contribution is 2.51. The lowest BCUT2D eigenvalue weighted by Gasteiger charge is -2.19. The Labute approximate surface area is 150 Å². The number of benzene rings is 1. The van der Waals surface area contributed by atoms with Gasteiger partial charge >= 0.3 is 0 Å². The standard InChI is InChI=1S/C22H28O3/c1-4-6-8-14(3)18(23)12-11-16-19(24)13-20-21(16)17-10-7-9-15(5-2)22(17)25-20/h7,9-12,14,16,18-21,23-24H,5,8,13H2,1-3H3/b12-11+/t14-,16-,18-,19+,20-,21-/m0/s1. The van der Waals surface area contributed by atoms with Crippen LogP contribution in [0.2, 0.25) is 0 Å². The molecule has 3 rings (SSSR count). The van der Waals surface area contributed by atoms with Crippen LogP contribution in [0.25, 0.3) is 0 Å². The first kappa shape index (κ1) is 18.0. The maximum atomic E-state index is 10.5. The number of fused-ring (bicyclic) bond motifs is 3. The van der Waals surface area contributed by atoms with Crippen LogP contribution in [-0.2, 0) is 6.42 Å². The molecule has 3 nitrogen and oxygen atoms in total. The number of para-hydroxylation sites is 1. The van der Waals surface area contributed by atoms with E-state index in [1.807, 2.05) is 26.0 Å². The highest BCUT2D eigenvalue weighted by molar-refractivity contribution is 5.49. The number of hydrogen-bond donors (Lipinski definition) is 2. The Hall–Kier alpha value is -1.76. The van der Waals surface area contributed by atoms with Crippen molar-refractivity contribution in [2.75, 3.05) is 0 Å². The van der Waals surface area contributed by atoms with Gasteiger partial charge in [0.1, 0.15) is 11.9 Å². The van der Waals surface area contributed by atoms with Crippen LogP contribution in [0.3, 0.4) is 0 Å². The summed E-state index contributed by atoms with van der Waals surface area (Å²) in [6.07, 6.45) is 5.15. The van der Waals surface area contributed by atoms with Gasteiger partial charge in [-0.2, -0.15) is 0 Å². The number of aliphatic hydroxyl groups excluding tert-OH is 2. The van der Waals surface area contributed by atoms with Crippen LogP contribution >= 0.6 is 0 Å². The van der Waals surface area contributed by atoms with Gasteiger partial charge in [-0.1, -0.05) is 44.2 Å². The largest absolute Gasteiger partial charge is 0.489 e. The van der Waals surface area contributed by atoms with Crippen molar-refractivity contribution in [3.05, 3.63) is 41.5 Å². The van der Waals surface area contributed by atoms with E-state index in [4.69, 9.17) is 4.74 Å². The molecule has 1 saturated carbocycles. The first-order valence-corrected chi connectivity index (χ1v) is 9.29. The van der Waals surface area contributed by atoms with Gasteiger partial charge in [-0.05, 0) is 24.8 Å². The fourth-order valence-electron chi connectivity index (χ4n) is 4.06. The van der Waals surface area contributed by atoms with Gasteiger partial charge in [0.05, 0.1) is 12.2 Å². The van der Waals surface area contributed by atoms with Gasteiger partial charge < -0.3 is 14.9 Å². The zero-order valence-electron chi connectivity index (χ0n) is 15.3. The summed E-state index contributed by atoms with van der Waals surface area (Å²) in [5.74, 6) is 7.13. The van der Waals surface area contributed by atoms with Gasteiger partial charge in [0.25, 0.3) is 0 Å². The van der Waals surface area contributed by atoms with Crippen molar-refractivity contribution in [1.29, 1.82) is 0 Å². The molecule has 1 aliphatic heterocycles. The monoisotopic (exact) mass is 340 g/mol. The minimum Gasteiger partial charge on any atom is -0.489 e. The van der Waals surface area contributed by atoms with E-state index in [1.54, 1.807) is 0 Å². The lowest BCUT2D eigenvalue weighted by molar-refractivity contribution is 0.134. The van der Waals surface area contributed by atoms with Crippen molar-refractivity contribution in [1.82, 2.24) is 0 Å². The van der Waals surface area contributed by atoms with Crippen LogP contribution in [0.15, 0.2) is 30.4 Å². The molecule has 1 heterocycles. The first-order valence-electron chi connectivity index (χ1n) is 9.29. The number of aliphatic hydroxyl groups is 2. The molecule has 1 fully saturated rings.